The van der Waals surface area contributed by atoms with Gasteiger partial charge in [0.25, 0.3) is 0 Å². The fourth-order valence-corrected chi connectivity index (χ4v) is 3.56. The van der Waals surface area contributed by atoms with Crippen molar-refractivity contribution in [2.24, 2.45) is 5.92 Å². The largest absolute Gasteiger partial charge is 0.450 e. The Bertz CT molecular complexity index is 615. The minimum Gasteiger partial charge on any atom is -0.450 e. The lowest BCUT2D eigenvalue weighted by Gasteiger charge is -2.31. The molecular weight excluding hydrogens is 322 g/mol. The standard InChI is InChI=1S/C17H27N5O3/c1-2-25-17(24)21-9-6-7-13(12-21)16(23)18-11-15-20-19-14-8-4-3-5-10-22(14)15/h13H,2-12H2,1H3,(H,18,23). The quantitative estimate of drug-likeness (QED) is 0.889. The fourth-order valence-electron chi connectivity index (χ4n) is 3.56. The van der Waals surface area contributed by atoms with Gasteiger partial charge in [0.2, 0.25) is 5.91 Å². The van der Waals surface area contributed by atoms with Gasteiger partial charge >= 0.3 is 6.09 Å². The van der Waals surface area contributed by atoms with Crippen LogP contribution < -0.4 is 5.32 Å². The second-order valence-electron chi connectivity index (χ2n) is 6.70. The van der Waals surface area contributed by atoms with E-state index in [9.17, 15) is 9.59 Å². The van der Waals surface area contributed by atoms with Crippen LogP contribution in [0.5, 0.6) is 0 Å². The van der Waals surface area contributed by atoms with Crippen molar-refractivity contribution >= 4 is 12.0 Å². The maximum atomic E-state index is 12.5. The first-order valence-electron chi connectivity index (χ1n) is 9.29. The fraction of sp³-hybridized carbons (Fsp3) is 0.765. The highest BCUT2D eigenvalue weighted by molar-refractivity contribution is 5.79. The first-order valence-corrected chi connectivity index (χ1v) is 9.29. The predicted molar refractivity (Wildman–Crippen MR) is 90.7 cm³/mol. The van der Waals surface area contributed by atoms with Gasteiger partial charge in [-0.3, -0.25) is 4.79 Å². The van der Waals surface area contributed by atoms with Gasteiger partial charge < -0.3 is 19.5 Å². The summed E-state index contributed by atoms with van der Waals surface area (Å²) in [5, 5.41) is 11.5. The number of fused-ring (bicyclic) bond motifs is 1. The molecule has 0 saturated carbocycles. The van der Waals surface area contributed by atoms with Crippen molar-refractivity contribution in [3.05, 3.63) is 11.6 Å². The van der Waals surface area contributed by atoms with E-state index in [1.165, 1.54) is 6.42 Å². The summed E-state index contributed by atoms with van der Waals surface area (Å²) in [5.41, 5.74) is 0. The lowest BCUT2D eigenvalue weighted by Crippen LogP contribution is -2.45. The van der Waals surface area contributed by atoms with Crippen molar-refractivity contribution < 1.29 is 14.3 Å². The smallest absolute Gasteiger partial charge is 0.409 e. The molecule has 3 rings (SSSR count). The Hall–Kier alpha value is -2.12. The van der Waals surface area contributed by atoms with Crippen molar-refractivity contribution in [3.63, 3.8) is 0 Å². The lowest BCUT2D eigenvalue weighted by atomic mass is 9.97. The van der Waals surface area contributed by atoms with Crippen LogP contribution in [0.1, 0.15) is 50.7 Å². The summed E-state index contributed by atoms with van der Waals surface area (Å²) in [7, 11) is 0. The van der Waals surface area contributed by atoms with Crippen LogP contribution in [-0.2, 0) is 29.0 Å². The van der Waals surface area contributed by atoms with E-state index in [0.717, 1.165) is 50.3 Å². The Labute approximate surface area is 147 Å². The number of hydrogen-bond acceptors (Lipinski definition) is 5. The molecule has 8 nitrogen and oxygen atoms in total. The summed E-state index contributed by atoms with van der Waals surface area (Å²) in [6.07, 6.45) is 5.72. The maximum absolute atomic E-state index is 12.5. The molecule has 0 aromatic carbocycles. The monoisotopic (exact) mass is 349 g/mol. The molecule has 0 aliphatic carbocycles. The van der Waals surface area contributed by atoms with Gasteiger partial charge in [0.1, 0.15) is 5.82 Å². The van der Waals surface area contributed by atoms with Crippen molar-refractivity contribution in [1.29, 1.82) is 0 Å². The highest BCUT2D eigenvalue weighted by Gasteiger charge is 2.29. The van der Waals surface area contributed by atoms with Crippen LogP contribution >= 0.6 is 0 Å². The average Bonchev–Trinajstić information content (AvgIpc) is 2.86. The number of carbonyl (C=O) groups is 2. The van der Waals surface area contributed by atoms with Crippen LogP contribution in [0.3, 0.4) is 0 Å². The number of amides is 2. The van der Waals surface area contributed by atoms with E-state index in [0.29, 0.717) is 26.2 Å². The Balaban J connectivity index is 1.54. The molecule has 1 aromatic rings. The van der Waals surface area contributed by atoms with Crippen LogP contribution in [0.2, 0.25) is 0 Å². The Morgan fingerprint density at radius 1 is 1.20 bits per heavy atom. The third kappa shape index (κ3) is 4.29. The number of hydrogen-bond donors (Lipinski definition) is 1. The lowest BCUT2D eigenvalue weighted by molar-refractivity contribution is -0.126. The van der Waals surface area contributed by atoms with Gasteiger partial charge in [-0.25, -0.2) is 4.79 Å². The molecule has 25 heavy (non-hydrogen) atoms. The van der Waals surface area contributed by atoms with Gasteiger partial charge in [-0.05, 0) is 32.6 Å². The van der Waals surface area contributed by atoms with Crippen molar-refractivity contribution in [1.82, 2.24) is 25.0 Å². The molecule has 1 aromatic heterocycles. The average molecular weight is 349 g/mol. The summed E-state index contributed by atoms with van der Waals surface area (Å²) >= 11 is 0. The van der Waals surface area contributed by atoms with Gasteiger partial charge in [-0.15, -0.1) is 10.2 Å². The zero-order valence-corrected chi connectivity index (χ0v) is 14.9. The summed E-state index contributed by atoms with van der Waals surface area (Å²) in [6, 6.07) is 0. The van der Waals surface area contributed by atoms with Crippen molar-refractivity contribution in [2.45, 2.75) is 58.5 Å². The number of aryl methyl sites for hydroxylation is 1. The number of aromatic nitrogens is 3. The van der Waals surface area contributed by atoms with E-state index >= 15 is 0 Å². The van der Waals surface area contributed by atoms with E-state index in [2.05, 4.69) is 20.1 Å². The first kappa shape index (κ1) is 17.7. The Morgan fingerprint density at radius 2 is 2.08 bits per heavy atom. The van der Waals surface area contributed by atoms with Gasteiger partial charge in [0.15, 0.2) is 5.82 Å². The third-order valence-corrected chi connectivity index (χ3v) is 4.93. The van der Waals surface area contributed by atoms with Gasteiger partial charge in [0, 0.05) is 26.1 Å². The van der Waals surface area contributed by atoms with Crippen LogP contribution in [0.4, 0.5) is 4.79 Å². The zero-order chi connectivity index (χ0) is 17.6. The molecule has 3 heterocycles. The second-order valence-corrected chi connectivity index (χ2v) is 6.70. The minimum atomic E-state index is -0.331. The second kappa shape index (κ2) is 8.31. The number of piperidine rings is 1. The molecule has 1 atom stereocenters. The van der Waals surface area contributed by atoms with E-state index in [4.69, 9.17) is 4.74 Å². The Morgan fingerprint density at radius 3 is 2.92 bits per heavy atom. The van der Waals surface area contributed by atoms with Crippen molar-refractivity contribution in [3.8, 4) is 0 Å². The molecule has 0 spiro atoms. The van der Waals surface area contributed by atoms with E-state index in [1.54, 1.807) is 11.8 Å². The minimum absolute atomic E-state index is 0.0278. The molecule has 0 radical (unpaired) electrons. The number of rotatable bonds is 4. The topological polar surface area (TPSA) is 89.3 Å². The molecule has 0 bridgehead atoms. The van der Waals surface area contributed by atoms with Gasteiger partial charge in [-0.2, -0.15) is 0 Å². The molecule has 1 unspecified atom stereocenters. The SMILES string of the molecule is CCOC(=O)N1CCCC(C(=O)NCc2nnc3n2CCCCC3)C1. The highest BCUT2D eigenvalue weighted by atomic mass is 16.6. The molecule has 138 valence electrons. The summed E-state index contributed by atoms with van der Waals surface area (Å²) in [6.45, 7) is 4.52. The number of nitrogens with zero attached hydrogens (tertiary/aromatic N) is 4. The zero-order valence-electron chi connectivity index (χ0n) is 14.9. The highest BCUT2D eigenvalue weighted by Crippen LogP contribution is 2.18. The van der Waals surface area contributed by atoms with Crippen LogP contribution in [0.25, 0.3) is 0 Å². The van der Waals surface area contributed by atoms with E-state index < -0.39 is 0 Å². The maximum Gasteiger partial charge on any atom is 0.409 e. The number of carbonyl (C=O) groups excluding carboxylic acids is 2. The first-order chi connectivity index (χ1) is 12.2. The predicted octanol–water partition coefficient (Wildman–Crippen LogP) is 1.49. The van der Waals surface area contributed by atoms with Crippen LogP contribution in [-0.4, -0.2) is 51.4 Å². The van der Waals surface area contributed by atoms with E-state index in [-0.39, 0.29) is 17.9 Å². The number of likely N-dealkylation sites (tertiary alicyclic amines) is 1. The molecule has 2 aliphatic heterocycles. The third-order valence-electron chi connectivity index (χ3n) is 4.93. The molecule has 2 amide bonds. The number of nitrogens with one attached hydrogen (secondary N) is 1. The Kier molecular flexibility index (Phi) is 5.88. The normalized spacial score (nSPS) is 20.5. The molecule has 2 aliphatic rings. The van der Waals surface area contributed by atoms with Crippen LogP contribution in [0.15, 0.2) is 0 Å². The number of ether oxygens (including phenoxy) is 1. The molecular formula is C17H27N5O3. The molecule has 1 saturated heterocycles. The molecule has 1 N–H and O–H groups in total. The van der Waals surface area contributed by atoms with Gasteiger partial charge in [-0.1, -0.05) is 6.42 Å². The summed E-state index contributed by atoms with van der Waals surface area (Å²) < 4.78 is 7.17. The molecule has 1 fully saturated rings. The van der Waals surface area contributed by atoms with Crippen molar-refractivity contribution in [2.75, 3.05) is 19.7 Å². The van der Waals surface area contributed by atoms with Crippen LogP contribution in [0, 0.1) is 5.92 Å². The molecule has 8 heteroatoms. The summed E-state index contributed by atoms with van der Waals surface area (Å²) in [5.74, 6) is 1.63. The van der Waals surface area contributed by atoms with E-state index in [1.807, 2.05) is 0 Å². The summed E-state index contributed by atoms with van der Waals surface area (Å²) in [4.78, 5) is 26.0. The van der Waals surface area contributed by atoms with Gasteiger partial charge in [0.05, 0.1) is 19.1 Å².